The average Bonchev–Trinajstić information content (AvgIpc) is 3.38. The van der Waals surface area contributed by atoms with Gasteiger partial charge in [-0.15, -0.1) is 0 Å². The number of amides is 1. The summed E-state index contributed by atoms with van der Waals surface area (Å²) in [6.07, 6.45) is 74.1. The molecular formula is C66H131NO5. The Balaban J connectivity index is 3.40. The first-order valence-corrected chi connectivity index (χ1v) is 33.3. The predicted octanol–water partition coefficient (Wildman–Crippen LogP) is 21.0. The van der Waals surface area contributed by atoms with Gasteiger partial charge in [-0.25, -0.2) is 0 Å². The Kier molecular flexibility index (Phi) is 61.4. The number of ether oxygens (including phenoxy) is 1. The third-order valence-corrected chi connectivity index (χ3v) is 15.9. The van der Waals surface area contributed by atoms with Crippen LogP contribution in [-0.2, 0) is 14.3 Å². The van der Waals surface area contributed by atoms with Crippen molar-refractivity contribution in [1.29, 1.82) is 0 Å². The Morgan fingerprint density at radius 3 is 0.847 bits per heavy atom. The summed E-state index contributed by atoms with van der Waals surface area (Å²) < 4.78 is 5.49. The summed E-state index contributed by atoms with van der Waals surface area (Å²) >= 11 is 0. The number of esters is 1. The number of carbonyl (C=O) groups is 2. The lowest BCUT2D eigenvalue weighted by Crippen LogP contribution is -2.45. The fourth-order valence-corrected chi connectivity index (χ4v) is 10.8. The van der Waals surface area contributed by atoms with Gasteiger partial charge in [0.15, 0.2) is 0 Å². The van der Waals surface area contributed by atoms with E-state index < -0.39 is 12.1 Å². The van der Waals surface area contributed by atoms with E-state index in [0.29, 0.717) is 25.9 Å². The minimum Gasteiger partial charge on any atom is -0.466 e. The quantitative estimate of drug-likeness (QED) is 0.0417. The molecule has 0 spiro atoms. The number of nitrogens with one attached hydrogen (secondary N) is 1. The van der Waals surface area contributed by atoms with E-state index in [0.717, 1.165) is 44.9 Å². The molecule has 3 N–H and O–H groups in total. The number of hydrogen-bond donors (Lipinski definition) is 3. The Labute approximate surface area is 451 Å². The monoisotopic (exact) mass is 1020 g/mol. The fraction of sp³-hybridized carbons (Fsp3) is 0.970. The molecule has 1 amide bonds. The van der Waals surface area contributed by atoms with Crippen LogP contribution in [0.25, 0.3) is 0 Å². The maximum absolute atomic E-state index is 12.5. The third kappa shape index (κ3) is 58.1. The van der Waals surface area contributed by atoms with E-state index in [9.17, 15) is 19.8 Å². The van der Waals surface area contributed by atoms with Crippen LogP contribution in [-0.4, -0.2) is 47.4 Å². The van der Waals surface area contributed by atoms with Crippen molar-refractivity contribution in [2.24, 2.45) is 0 Å². The van der Waals surface area contributed by atoms with Crippen LogP contribution < -0.4 is 5.32 Å². The number of carbonyl (C=O) groups excluding carboxylic acids is 2. The molecular weight excluding hydrogens is 887 g/mol. The number of aliphatic hydroxyl groups is 2. The summed E-state index contributed by atoms with van der Waals surface area (Å²) in [4.78, 5) is 24.6. The molecule has 6 nitrogen and oxygen atoms in total. The van der Waals surface area contributed by atoms with E-state index in [-0.39, 0.29) is 18.5 Å². The van der Waals surface area contributed by atoms with Gasteiger partial charge in [-0.3, -0.25) is 9.59 Å². The Morgan fingerprint density at radius 1 is 0.333 bits per heavy atom. The van der Waals surface area contributed by atoms with Crippen LogP contribution in [0.15, 0.2) is 0 Å². The van der Waals surface area contributed by atoms with Crippen molar-refractivity contribution in [3.63, 3.8) is 0 Å². The van der Waals surface area contributed by atoms with Crippen LogP contribution in [0.4, 0.5) is 0 Å². The highest BCUT2D eigenvalue weighted by Crippen LogP contribution is 2.19. The highest BCUT2D eigenvalue weighted by molar-refractivity contribution is 5.76. The van der Waals surface area contributed by atoms with Crippen LogP contribution in [0.5, 0.6) is 0 Å². The van der Waals surface area contributed by atoms with Gasteiger partial charge >= 0.3 is 5.97 Å². The normalized spacial score (nSPS) is 12.4. The van der Waals surface area contributed by atoms with Gasteiger partial charge in [0.1, 0.15) is 0 Å². The number of aliphatic hydroxyl groups excluding tert-OH is 2. The second kappa shape index (κ2) is 62.4. The molecule has 430 valence electrons. The van der Waals surface area contributed by atoms with Crippen molar-refractivity contribution in [3.8, 4) is 0 Å². The molecule has 0 fully saturated rings. The summed E-state index contributed by atoms with van der Waals surface area (Å²) in [7, 11) is 0. The molecule has 0 aromatic heterocycles. The van der Waals surface area contributed by atoms with Gasteiger partial charge in [-0.2, -0.15) is 0 Å². The maximum atomic E-state index is 12.5. The molecule has 0 aromatic carbocycles. The van der Waals surface area contributed by atoms with Gasteiger partial charge < -0.3 is 20.3 Å². The molecule has 72 heavy (non-hydrogen) atoms. The van der Waals surface area contributed by atoms with Crippen LogP contribution in [0, 0.1) is 0 Å². The van der Waals surface area contributed by atoms with E-state index in [2.05, 4.69) is 19.2 Å². The van der Waals surface area contributed by atoms with Gasteiger partial charge in [0.2, 0.25) is 5.91 Å². The molecule has 0 bridgehead atoms. The Bertz CT molecular complexity index is 1040. The minimum atomic E-state index is -0.670. The maximum Gasteiger partial charge on any atom is 0.305 e. The first-order chi connectivity index (χ1) is 35.5. The van der Waals surface area contributed by atoms with Crippen molar-refractivity contribution >= 4 is 11.9 Å². The first kappa shape index (κ1) is 70.9. The summed E-state index contributed by atoms with van der Waals surface area (Å²) in [5.41, 5.74) is 0. The van der Waals surface area contributed by atoms with E-state index in [1.54, 1.807) is 0 Å². The topological polar surface area (TPSA) is 95.9 Å². The summed E-state index contributed by atoms with van der Waals surface area (Å²) in [6, 6.07) is -0.548. The second-order valence-electron chi connectivity index (χ2n) is 23.2. The van der Waals surface area contributed by atoms with Gasteiger partial charge in [-0.1, -0.05) is 348 Å². The van der Waals surface area contributed by atoms with Crippen LogP contribution in [0.1, 0.15) is 386 Å². The van der Waals surface area contributed by atoms with Crippen molar-refractivity contribution in [3.05, 3.63) is 0 Å². The van der Waals surface area contributed by atoms with Crippen LogP contribution in [0.3, 0.4) is 0 Å². The largest absolute Gasteiger partial charge is 0.466 e. The number of hydrogen-bond acceptors (Lipinski definition) is 5. The molecule has 0 saturated heterocycles. The lowest BCUT2D eigenvalue weighted by Gasteiger charge is -2.22. The molecule has 0 aliphatic heterocycles. The molecule has 0 heterocycles. The summed E-state index contributed by atoms with van der Waals surface area (Å²) in [5.74, 6) is -0.0323. The zero-order chi connectivity index (χ0) is 52.2. The molecule has 0 radical (unpaired) electrons. The standard InChI is InChI=1S/C66H131NO5/c1-3-5-7-9-11-13-15-17-19-20-21-22-23-24-25-26-27-28-31-34-38-42-46-50-54-58-64(69)63(62-68)67-65(70)59-55-51-47-43-39-35-32-29-33-37-41-45-49-53-57-61-72-66(71)60-56-52-48-44-40-36-30-18-16-14-12-10-8-6-4-2/h63-64,68-69H,3-62H2,1-2H3,(H,67,70). The van der Waals surface area contributed by atoms with Crippen molar-refractivity contribution in [2.75, 3.05) is 13.2 Å². The smallest absolute Gasteiger partial charge is 0.305 e. The predicted molar refractivity (Wildman–Crippen MR) is 315 cm³/mol. The lowest BCUT2D eigenvalue weighted by molar-refractivity contribution is -0.143. The summed E-state index contributed by atoms with van der Waals surface area (Å²) in [5, 5.41) is 23.4. The number of unbranched alkanes of at least 4 members (excludes halogenated alkanes) is 52. The first-order valence-electron chi connectivity index (χ1n) is 33.3. The zero-order valence-electron chi connectivity index (χ0n) is 49.2. The van der Waals surface area contributed by atoms with Gasteiger partial charge in [0.25, 0.3) is 0 Å². The number of rotatable bonds is 63. The van der Waals surface area contributed by atoms with E-state index >= 15 is 0 Å². The van der Waals surface area contributed by atoms with Crippen LogP contribution in [0.2, 0.25) is 0 Å². The second-order valence-corrected chi connectivity index (χ2v) is 23.2. The van der Waals surface area contributed by atoms with E-state index in [4.69, 9.17) is 4.74 Å². The molecule has 0 aliphatic carbocycles. The fourth-order valence-electron chi connectivity index (χ4n) is 10.8. The molecule has 6 heteroatoms. The van der Waals surface area contributed by atoms with Gasteiger partial charge in [-0.05, 0) is 25.7 Å². The molecule has 0 rings (SSSR count). The van der Waals surface area contributed by atoms with Crippen LogP contribution >= 0.6 is 0 Å². The zero-order valence-corrected chi connectivity index (χ0v) is 49.2. The van der Waals surface area contributed by atoms with Gasteiger partial charge in [0.05, 0.1) is 25.4 Å². The molecule has 0 saturated carbocycles. The highest BCUT2D eigenvalue weighted by Gasteiger charge is 2.20. The molecule has 0 aromatic rings. The SMILES string of the molecule is CCCCCCCCCCCCCCCCCCCCCCCCCCCC(O)C(CO)NC(=O)CCCCCCCCCCCCCCCCCOC(=O)CCCCCCCCCCCCCCCCC. The summed E-state index contributed by atoms with van der Waals surface area (Å²) in [6.45, 7) is 4.98. The van der Waals surface area contributed by atoms with Gasteiger partial charge in [0, 0.05) is 12.8 Å². The highest BCUT2D eigenvalue weighted by atomic mass is 16.5. The van der Waals surface area contributed by atoms with E-state index in [1.807, 2.05) is 0 Å². The molecule has 2 atom stereocenters. The Morgan fingerprint density at radius 2 is 0.569 bits per heavy atom. The van der Waals surface area contributed by atoms with E-state index in [1.165, 1.54) is 308 Å². The average molecular weight is 1020 g/mol. The van der Waals surface area contributed by atoms with Crippen molar-refractivity contribution < 1.29 is 24.5 Å². The van der Waals surface area contributed by atoms with Crippen molar-refractivity contribution in [2.45, 2.75) is 398 Å². The molecule has 0 aliphatic rings. The minimum absolute atomic E-state index is 0.00541. The third-order valence-electron chi connectivity index (χ3n) is 15.9. The molecule has 2 unspecified atom stereocenters. The van der Waals surface area contributed by atoms with Crippen molar-refractivity contribution in [1.82, 2.24) is 5.32 Å². The Hall–Kier alpha value is -1.14. The lowest BCUT2D eigenvalue weighted by atomic mass is 10.0.